The third-order valence-corrected chi connectivity index (χ3v) is 6.31. The van der Waals surface area contributed by atoms with Gasteiger partial charge in [0.1, 0.15) is 16.8 Å². The van der Waals surface area contributed by atoms with Crippen LogP contribution in [0, 0.1) is 0 Å². The van der Waals surface area contributed by atoms with Crippen LogP contribution in [0.2, 0.25) is 0 Å². The highest BCUT2D eigenvalue weighted by atomic mass is 16.5. The Morgan fingerprint density at radius 2 is 2.06 bits per heavy atom. The minimum Gasteiger partial charge on any atom is -0.496 e. The summed E-state index contributed by atoms with van der Waals surface area (Å²) in [7, 11) is 1.70. The Balaban J connectivity index is 1.58. The zero-order valence-corrected chi connectivity index (χ0v) is 19.9. The third-order valence-electron chi connectivity index (χ3n) is 6.31. The Morgan fingerprint density at radius 1 is 1.24 bits per heavy atom. The van der Waals surface area contributed by atoms with Gasteiger partial charge in [0.15, 0.2) is 5.82 Å². The first-order valence-corrected chi connectivity index (χ1v) is 11.7. The average Bonchev–Trinajstić information content (AvgIpc) is 3.21. The van der Waals surface area contributed by atoms with Crippen molar-refractivity contribution in [3.05, 3.63) is 35.5 Å². The predicted octanol–water partition coefficient (Wildman–Crippen LogP) is 3.34. The van der Waals surface area contributed by atoms with E-state index in [-0.39, 0.29) is 11.5 Å². The largest absolute Gasteiger partial charge is 0.496 e. The van der Waals surface area contributed by atoms with E-state index in [1.807, 2.05) is 10.7 Å². The van der Waals surface area contributed by atoms with E-state index < -0.39 is 0 Å². The van der Waals surface area contributed by atoms with Crippen molar-refractivity contribution in [1.82, 2.24) is 25.1 Å². The summed E-state index contributed by atoms with van der Waals surface area (Å²) in [5.74, 6) is 1.79. The summed E-state index contributed by atoms with van der Waals surface area (Å²) < 4.78 is 13.1. The number of hydrogen-bond donors (Lipinski definition) is 3. The van der Waals surface area contributed by atoms with Gasteiger partial charge >= 0.3 is 0 Å². The molecule has 0 radical (unpaired) electrons. The lowest BCUT2D eigenvalue weighted by Crippen LogP contribution is -2.46. The number of methoxy groups -OCH3 is 1. The Kier molecular flexibility index (Phi) is 7.29. The number of hydrogen-bond acceptors (Lipinski definition) is 8. The summed E-state index contributed by atoms with van der Waals surface area (Å²) in [5.41, 5.74) is 9.86. The van der Waals surface area contributed by atoms with Gasteiger partial charge in [-0.2, -0.15) is 10.1 Å². The van der Waals surface area contributed by atoms with Crippen molar-refractivity contribution in [2.75, 3.05) is 37.9 Å². The smallest absolute Gasteiger partial charge is 0.222 e. The first-order chi connectivity index (χ1) is 16.0. The molecule has 9 nitrogen and oxygen atoms in total. The van der Waals surface area contributed by atoms with E-state index in [4.69, 9.17) is 15.2 Å². The molecule has 0 aliphatic carbocycles. The number of rotatable bonds is 10. The summed E-state index contributed by atoms with van der Waals surface area (Å²) >= 11 is 0. The molecular weight excluding hydrogens is 418 g/mol. The molecule has 0 bridgehead atoms. The fraction of sp³-hybridized carbons (Fsp3) is 0.542. The van der Waals surface area contributed by atoms with Crippen molar-refractivity contribution in [3.8, 4) is 5.75 Å². The Morgan fingerprint density at radius 3 is 2.82 bits per heavy atom. The average molecular weight is 454 g/mol. The van der Waals surface area contributed by atoms with E-state index in [9.17, 15) is 0 Å². The van der Waals surface area contributed by atoms with Crippen LogP contribution in [0.15, 0.2) is 24.4 Å². The number of nitrogen functional groups attached to an aromatic ring is 1. The van der Waals surface area contributed by atoms with Gasteiger partial charge in [0.25, 0.3) is 0 Å². The van der Waals surface area contributed by atoms with Gasteiger partial charge in [-0.1, -0.05) is 19.4 Å². The zero-order chi connectivity index (χ0) is 23.3. The molecule has 4 rings (SSSR count). The quantitative estimate of drug-likeness (QED) is 0.401. The fourth-order valence-corrected chi connectivity index (χ4v) is 4.18. The molecule has 3 aromatic rings. The molecule has 1 fully saturated rings. The standard InChI is InChI=1S/C24H35N7O2/c1-4-5-10-26-22-21-19(29-23(25)30-22)15-28-31(21)16-18-13-17(6-7-20(18)32-3)14-27-24(2)8-11-33-12-9-24/h6-7,13,15,27H,4-5,8-12,14,16H2,1-3H3,(H3,25,26,29,30). The molecule has 33 heavy (non-hydrogen) atoms. The number of benzene rings is 1. The van der Waals surface area contributed by atoms with Crippen LogP contribution in [0.3, 0.4) is 0 Å². The number of nitrogens with one attached hydrogen (secondary N) is 2. The SMILES string of the molecule is CCCCNc1nc(N)nc2cnn(Cc3cc(CNC4(C)CCOCC4)ccc3OC)c12. The zero-order valence-electron chi connectivity index (χ0n) is 19.9. The third kappa shape index (κ3) is 5.54. The molecule has 2 aromatic heterocycles. The van der Waals surface area contributed by atoms with Gasteiger partial charge in [-0.25, -0.2) is 4.98 Å². The van der Waals surface area contributed by atoms with Crippen LogP contribution in [-0.2, 0) is 17.8 Å². The lowest BCUT2D eigenvalue weighted by molar-refractivity contribution is 0.0446. The predicted molar refractivity (Wildman–Crippen MR) is 131 cm³/mol. The second kappa shape index (κ2) is 10.4. The molecule has 0 saturated carbocycles. The minimum absolute atomic E-state index is 0.104. The maximum Gasteiger partial charge on any atom is 0.222 e. The van der Waals surface area contributed by atoms with Crippen LogP contribution in [-0.4, -0.2) is 52.2 Å². The molecule has 178 valence electrons. The molecule has 3 heterocycles. The number of fused-ring (bicyclic) bond motifs is 1. The summed E-state index contributed by atoms with van der Waals surface area (Å²) in [4.78, 5) is 8.81. The highest BCUT2D eigenvalue weighted by molar-refractivity contribution is 5.86. The van der Waals surface area contributed by atoms with Gasteiger partial charge in [-0.05, 0) is 43.9 Å². The summed E-state index contributed by atoms with van der Waals surface area (Å²) in [6.07, 6.45) is 5.92. The van der Waals surface area contributed by atoms with Gasteiger partial charge in [0.2, 0.25) is 5.95 Å². The van der Waals surface area contributed by atoms with Crippen LogP contribution in [0.1, 0.15) is 50.7 Å². The Bertz CT molecular complexity index is 1080. The van der Waals surface area contributed by atoms with E-state index >= 15 is 0 Å². The van der Waals surface area contributed by atoms with Crippen molar-refractivity contribution < 1.29 is 9.47 Å². The summed E-state index contributed by atoms with van der Waals surface area (Å²) in [5, 5.41) is 11.7. The number of unbranched alkanes of at least 4 members (excludes halogenated alkanes) is 1. The normalized spacial score (nSPS) is 15.6. The molecule has 1 aromatic carbocycles. The van der Waals surface area contributed by atoms with Crippen molar-refractivity contribution >= 4 is 22.8 Å². The topological polar surface area (TPSA) is 112 Å². The maximum absolute atomic E-state index is 5.93. The molecule has 1 saturated heterocycles. The Labute approximate surface area is 195 Å². The molecular formula is C24H35N7O2. The van der Waals surface area contributed by atoms with Gasteiger partial charge < -0.3 is 25.8 Å². The summed E-state index contributed by atoms with van der Waals surface area (Å²) in [6.45, 7) is 8.20. The van der Waals surface area contributed by atoms with Gasteiger partial charge in [-0.3, -0.25) is 4.68 Å². The second-order valence-electron chi connectivity index (χ2n) is 8.92. The molecule has 0 atom stereocenters. The van der Waals surface area contributed by atoms with Crippen LogP contribution in [0.5, 0.6) is 5.75 Å². The molecule has 4 N–H and O–H groups in total. The minimum atomic E-state index is 0.104. The summed E-state index contributed by atoms with van der Waals surface area (Å²) in [6, 6.07) is 6.32. The van der Waals surface area contributed by atoms with Crippen LogP contribution in [0.4, 0.5) is 11.8 Å². The van der Waals surface area contributed by atoms with E-state index in [0.717, 1.165) is 74.3 Å². The van der Waals surface area contributed by atoms with Crippen LogP contribution < -0.4 is 21.1 Å². The van der Waals surface area contributed by atoms with Gasteiger partial charge in [0.05, 0.1) is 19.9 Å². The van der Waals surface area contributed by atoms with Crippen molar-refractivity contribution in [3.63, 3.8) is 0 Å². The number of nitrogens with two attached hydrogens (primary N) is 1. The second-order valence-corrected chi connectivity index (χ2v) is 8.92. The molecule has 1 aliphatic rings. The van der Waals surface area contributed by atoms with Crippen LogP contribution in [0.25, 0.3) is 11.0 Å². The maximum atomic E-state index is 5.93. The van der Waals surface area contributed by atoms with Gasteiger partial charge in [0, 0.05) is 37.4 Å². The molecule has 1 aliphatic heterocycles. The van der Waals surface area contributed by atoms with Crippen molar-refractivity contribution in [2.24, 2.45) is 0 Å². The fourth-order valence-electron chi connectivity index (χ4n) is 4.18. The first-order valence-electron chi connectivity index (χ1n) is 11.7. The molecule has 0 spiro atoms. The van der Waals surface area contributed by atoms with E-state index in [1.54, 1.807) is 13.3 Å². The lowest BCUT2D eigenvalue weighted by atomic mass is 9.92. The van der Waals surface area contributed by atoms with Crippen LogP contribution >= 0.6 is 0 Å². The number of aromatic nitrogens is 4. The number of nitrogens with zero attached hydrogens (tertiary/aromatic N) is 4. The molecule has 9 heteroatoms. The number of anilines is 2. The van der Waals surface area contributed by atoms with E-state index in [0.29, 0.717) is 12.4 Å². The Hall–Kier alpha value is -2.91. The highest BCUT2D eigenvalue weighted by Crippen LogP contribution is 2.27. The van der Waals surface area contributed by atoms with Gasteiger partial charge in [-0.15, -0.1) is 0 Å². The number of ether oxygens (including phenoxy) is 2. The monoisotopic (exact) mass is 453 g/mol. The highest BCUT2D eigenvalue weighted by Gasteiger charge is 2.26. The lowest BCUT2D eigenvalue weighted by Gasteiger charge is -2.34. The molecule has 0 amide bonds. The molecule has 0 unspecified atom stereocenters. The van der Waals surface area contributed by atoms with Crippen molar-refractivity contribution in [1.29, 1.82) is 0 Å². The van der Waals surface area contributed by atoms with E-state index in [2.05, 4.69) is 51.7 Å². The van der Waals surface area contributed by atoms with E-state index in [1.165, 1.54) is 5.56 Å². The first kappa shape index (κ1) is 23.3. The van der Waals surface area contributed by atoms with Crippen molar-refractivity contribution in [2.45, 2.75) is 58.2 Å².